The van der Waals surface area contributed by atoms with Crippen molar-refractivity contribution in [3.05, 3.63) is 75.4 Å². The van der Waals surface area contributed by atoms with Crippen LogP contribution in [0.25, 0.3) is 33.4 Å². The van der Waals surface area contributed by atoms with Crippen LogP contribution in [0.2, 0.25) is 0 Å². The monoisotopic (exact) mass is 678 g/mol. The Hall–Kier alpha value is -4.49. The lowest BCUT2D eigenvalue weighted by molar-refractivity contribution is -0.122. The molecular weight excluding hydrogens is 645 g/mol. The van der Waals surface area contributed by atoms with E-state index in [9.17, 15) is 39.3 Å². The van der Waals surface area contributed by atoms with E-state index in [0.717, 1.165) is 25.3 Å². The number of carboxylic acid groups (broad SMARTS) is 2. The van der Waals surface area contributed by atoms with Crippen LogP contribution in [0.15, 0.2) is 57.7 Å². The van der Waals surface area contributed by atoms with Gasteiger partial charge in [0.1, 0.15) is 17.1 Å². The molecule has 5 N–H and O–H groups in total. The van der Waals surface area contributed by atoms with Crippen molar-refractivity contribution < 1.29 is 38.9 Å². The summed E-state index contributed by atoms with van der Waals surface area (Å²) in [7, 11) is 3.85. The number of hydrogen-bond acceptors (Lipinski definition) is 9. The van der Waals surface area contributed by atoms with E-state index >= 15 is 0 Å². The van der Waals surface area contributed by atoms with Gasteiger partial charge in [0.15, 0.2) is 5.43 Å². The maximum atomic E-state index is 12.6. The number of aryl methyl sites for hydroxylation is 1. The molecule has 2 aromatic rings. The summed E-state index contributed by atoms with van der Waals surface area (Å²) in [6.07, 6.45) is 4.85. The molecule has 2 amide bonds. The van der Waals surface area contributed by atoms with Crippen molar-refractivity contribution in [1.29, 1.82) is 0 Å². The first-order valence-corrected chi connectivity index (χ1v) is 17.6. The van der Waals surface area contributed by atoms with Gasteiger partial charge in [-0.05, 0) is 67.1 Å². The molecule has 1 atom stereocenters. The second-order valence-corrected chi connectivity index (χ2v) is 14.0. The van der Waals surface area contributed by atoms with Gasteiger partial charge < -0.3 is 30.4 Å². The van der Waals surface area contributed by atoms with Gasteiger partial charge >= 0.3 is 11.9 Å². The zero-order chi connectivity index (χ0) is 33.5. The maximum absolute atomic E-state index is 12.6. The lowest BCUT2D eigenvalue weighted by atomic mass is 9.89. The Balaban J connectivity index is 1.28. The van der Waals surface area contributed by atoms with E-state index in [1.165, 1.54) is 48.6 Å². The molecule has 2 aliphatic heterocycles. The van der Waals surface area contributed by atoms with Crippen LogP contribution in [0.3, 0.4) is 0 Å². The van der Waals surface area contributed by atoms with Gasteiger partial charge in [-0.2, -0.15) is 0 Å². The first kappa shape index (κ1) is 33.9. The lowest BCUT2D eigenvalue weighted by Crippen LogP contribution is -2.34. The number of phenols is 1. The van der Waals surface area contributed by atoms with Crippen molar-refractivity contribution >= 4 is 56.3 Å². The van der Waals surface area contributed by atoms with Gasteiger partial charge in [0.2, 0.25) is 11.8 Å². The average Bonchev–Trinajstić information content (AvgIpc) is 3.56. The number of carbonyl (C=O) groups excluding carboxylic acids is 2. The number of fused-ring (bicyclic) bond motifs is 2. The minimum atomic E-state index is -1.35. The Morgan fingerprint density at radius 2 is 1.62 bits per heavy atom. The largest absolute Gasteiger partial charge is 0.508 e. The van der Waals surface area contributed by atoms with Crippen LogP contribution in [0.1, 0.15) is 64.8 Å². The highest BCUT2D eigenvalue weighted by molar-refractivity contribution is 8.77. The summed E-state index contributed by atoms with van der Waals surface area (Å²) in [6, 6.07) is 10.7. The van der Waals surface area contributed by atoms with Gasteiger partial charge in [-0.25, -0.2) is 9.59 Å². The van der Waals surface area contributed by atoms with Crippen LogP contribution in [0, 0.1) is 0 Å². The van der Waals surface area contributed by atoms with E-state index in [-0.39, 0.29) is 70.4 Å². The van der Waals surface area contributed by atoms with Gasteiger partial charge in [0, 0.05) is 65.6 Å². The number of carboxylic acids is 2. The number of amides is 2. The predicted octanol–water partition coefficient (Wildman–Crippen LogP) is 5.55. The van der Waals surface area contributed by atoms with Gasteiger partial charge in [0.05, 0.1) is 11.1 Å². The maximum Gasteiger partial charge on any atom is 0.336 e. The SMILES string of the molecule is O=C(CCCCC1CCSS1)NCCNC(=O)CCc1cc2c(-c3ccc(C(=O)O)cc3C(=O)O)c3ccc(=O)cc-3oc2cc1O. The van der Waals surface area contributed by atoms with E-state index in [1.807, 2.05) is 21.6 Å². The van der Waals surface area contributed by atoms with Crippen LogP contribution in [-0.4, -0.2) is 63.2 Å². The van der Waals surface area contributed by atoms with Crippen LogP contribution in [0.4, 0.5) is 0 Å². The predicted molar refractivity (Wildman–Crippen MR) is 181 cm³/mol. The molecular formula is C34H34N2O9S2. The van der Waals surface area contributed by atoms with Gasteiger partial charge in [-0.1, -0.05) is 34.1 Å². The third-order valence-electron chi connectivity index (χ3n) is 7.96. The average molecular weight is 679 g/mol. The quantitative estimate of drug-likeness (QED) is 0.0641. The van der Waals surface area contributed by atoms with Crippen molar-refractivity contribution in [3.63, 3.8) is 0 Å². The van der Waals surface area contributed by atoms with Crippen molar-refractivity contribution in [1.82, 2.24) is 10.6 Å². The molecule has 0 bridgehead atoms. The zero-order valence-corrected chi connectivity index (χ0v) is 27.0. The number of carbonyl (C=O) groups is 4. The molecule has 246 valence electrons. The molecule has 0 radical (unpaired) electrons. The fourth-order valence-corrected chi connectivity index (χ4v) is 8.59. The number of nitrogens with one attached hydrogen (secondary N) is 2. The molecule has 0 spiro atoms. The van der Waals surface area contributed by atoms with Gasteiger partial charge in [-0.3, -0.25) is 14.4 Å². The Morgan fingerprint density at radius 3 is 2.32 bits per heavy atom. The Morgan fingerprint density at radius 1 is 0.872 bits per heavy atom. The zero-order valence-electron chi connectivity index (χ0n) is 25.4. The normalized spacial score (nSPS) is 14.3. The molecule has 3 aliphatic rings. The first-order valence-electron chi connectivity index (χ1n) is 15.3. The second kappa shape index (κ2) is 15.4. The third-order valence-corrected chi connectivity index (χ3v) is 11.0. The molecule has 0 aromatic heterocycles. The Bertz CT molecular complexity index is 1850. The van der Waals surface area contributed by atoms with E-state index in [1.54, 1.807) is 6.07 Å². The molecule has 2 aromatic carbocycles. The summed E-state index contributed by atoms with van der Waals surface area (Å²) in [4.78, 5) is 60.7. The highest BCUT2D eigenvalue weighted by Gasteiger charge is 2.24. The number of phenolic OH excluding ortho intramolecular Hbond substituents is 1. The molecule has 1 unspecified atom stereocenters. The van der Waals surface area contributed by atoms with Crippen molar-refractivity contribution in [2.75, 3.05) is 18.8 Å². The Kier molecular flexibility index (Phi) is 11.1. The summed E-state index contributed by atoms with van der Waals surface area (Å²) in [5, 5.41) is 36.9. The smallest absolute Gasteiger partial charge is 0.336 e. The second-order valence-electron chi connectivity index (χ2n) is 11.3. The topological polar surface area (TPSA) is 183 Å². The number of rotatable bonds is 14. The van der Waals surface area contributed by atoms with E-state index in [4.69, 9.17) is 4.42 Å². The van der Waals surface area contributed by atoms with Crippen LogP contribution >= 0.6 is 21.6 Å². The molecule has 1 saturated heterocycles. The van der Waals surface area contributed by atoms with E-state index in [0.29, 0.717) is 40.3 Å². The van der Waals surface area contributed by atoms with Crippen molar-refractivity contribution in [2.45, 2.75) is 50.2 Å². The highest BCUT2D eigenvalue weighted by atomic mass is 33.1. The summed E-state index contributed by atoms with van der Waals surface area (Å²) in [5.41, 5.74) is 0.702. The summed E-state index contributed by atoms with van der Waals surface area (Å²) in [5.74, 6) is -1.77. The number of aromatic hydroxyl groups is 1. The molecule has 11 nitrogen and oxygen atoms in total. The third kappa shape index (κ3) is 8.46. The number of benzene rings is 3. The van der Waals surface area contributed by atoms with Crippen LogP contribution < -0.4 is 16.1 Å². The summed E-state index contributed by atoms with van der Waals surface area (Å²) in [6.45, 7) is 0.557. The van der Waals surface area contributed by atoms with Crippen molar-refractivity contribution in [3.8, 4) is 28.2 Å². The fourth-order valence-electron chi connectivity index (χ4n) is 5.56. The van der Waals surface area contributed by atoms with Crippen LogP contribution in [0.5, 0.6) is 5.75 Å². The van der Waals surface area contributed by atoms with Gasteiger partial charge in [-0.15, -0.1) is 0 Å². The summed E-state index contributed by atoms with van der Waals surface area (Å²) >= 11 is 0. The van der Waals surface area contributed by atoms with Crippen molar-refractivity contribution in [2.24, 2.45) is 0 Å². The van der Waals surface area contributed by atoms with Crippen LogP contribution in [-0.2, 0) is 16.0 Å². The minimum absolute atomic E-state index is 0.0256. The number of unbranched alkanes of at least 4 members (excludes halogenated alkanes) is 1. The molecule has 2 heterocycles. The molecule has 47 heavy (non-hydrogen) atoms. The molecule has 5 rings (SSSR count). The summed E-state index contributed by atoms with van der Waals surface area (Å²) < 4.78 is 5.93. The standard InChI is InChI=1S/C34H34N2O9S2/c37-21-7-9-24-28(17-21)45-29-18-27(38)19(15-26(29)32(24)23-8-5-20(33(41)42)16-25(23)34(43)44)6-10-31(40)36-13-12-35-30(39)4-2-1-3-22-11-14-46-47-22/h5,7-9,15-18,22,38H,1-4,6,10-14H2,(H,35,39)(H,36,40)(H,41,42)(H,43,44). The molecule has 1 fully saturated rings. The minimum Gasteiger partial charge on any atom is -0.508 e. The number of hydrogen-bond donors (Lipinski definition) is 5. The lowest BCUT2D eigenvalue weighted by Gasteiger charge is -2.18. The first-order chi connectivity index (χ1) is 22.6. The molecule has 1 aliphatic carbocycles. The van der Waals surface area contributed by atoms with E-state index in [2.05, 4.69) is 10.6 Å². The fraction of sp³-hybridized carbons (Fsp3) is 0.324. The molecule has 0 saturated carbocycles. The molecule has 13 heteroatoms. The van der Waals surface area contributed by atoms with Gasteiger partial charge in [0.25, 0.3) is 0 Å². The van der Waals surface area contributed by atoms with E-state index < -0.39 is 11.9 Å². The Labute approximate surface area is 277 Å². The number of aromatic carboxylic acids is 2. The highest BCUT2D eigenvalue weighted by Crippen LogP contribution is 2.43.